The van der Waals surface area contributed by atoms with E-state index in [0.29, 0.717) is 0 Å². The quantitative estimate of drug-likeness (QED) is 0.0812. The minimum atomic E-state index is -0.377. The van der Waals surface area contributed by atoms with Crippen molar-refractivity contribution in [3.8, 4) is 11.3 Å². The van der Waals surface area contributed by atoms with Crippen molar-refractivity contribution < 1.29 is 30.0 Å². The fraction of sp³-hybridized carbons (Fsp3) is 0.342. The predicted octanol–water partition coefficient (Wildman–Crippen LogP) is 10.2. The van der Waals surface area contributed by atoms with Gasteiger partial charge in [0.1, 0.15) is 11.6 Å². The maximum Gasteiger partial charge on any atom is 0.164 e. The summed E-state index contributed by atoms with van der Waals surface area (Å²) in [5, 5.41) is 15.8. The van der Waals surface area contributed by atoms with Gasteiger partial charge < -0.3 is 5.11 Å². The molecule has 0 amide bonds. The molecule has 0 fully saturated rings. The number of hydrogen-bond donors (Lipinski definition) is 1. The molecule has 0 spiro atoms. The molecule has 5 aromatic rings. The molecule has 0 saturated heterocycles. The van der Waals surface area contributed by atoms with Crippen LogP contribution in [0.1, 0.15) is 71.3 Å². The number of aromatic nitrogens is 2. The fourth-order valence-electron chi connectivity index (χ4n) is 4.89. The summed E-state index contributed by atoms with van der Waals surface area (Å²) in [5.41, 5.74) is 4.66. The van der Waals surface area contributed by atoms with E-state index >= 15 is 0 Å². The third kappa shape index (κ3) is 7.40. The van der Waals surface area contributed by atoms with Crippen LogP contribution in [0.5, 0.6) is 0 Å². The molecule has 1 N–H and O–H groups in total. The Balaban J connectivity index is 0.000000274. The second-order valence-corrected chi connectivity index (χ2v) is 12.6. The van der Waals surface area contributed by atoms with E-state index in [1.165, 1.54) is 33.2 Å². The third-order valence-electron chi connectivity index (χ3n) is 8.48. The van der Waals surface area contributed by atoms with Gasteiger partial charge in [0, 0.05) is 42.4 Å². The van der Waals surface area contributed by atoms with Crippen molar-refractivity contribution in [1.29, 1.82) is 0 Å². The van der Waals surface area contributed by atoms with Crippen molar-refractivity contribution in [2.75, 3.05) is 0 Å². The number of benzene rings is 4. The van der Waals surface area contributed by atoms with Crippen LogP contribution in [0.2, 0.25) is 0 Å². The largest absolute Gasteiger partial charge is 0.512 e. The normalized spacial score (nSPS) is 12.2. The van der Waals surface area contributed by atoms with Crippen LogP contribution >= 0.6 is 0 Å². The summed E-state index contributed by atoms with van der Waals surface area (Å²) in [6, 6.07) is 25.0. The zero-order valence-corrected chi connectivity index (χ0v) is 29.2. The Labute approximate surface area is 270 Å². The Morgan fingerprint density at radius 3 is 2.12 bits per heavy atom. The Kier molecular flexibility index (Phi) is 10.7. The van der Waals surface area contributed by atoms with Gasteiger partial charge >= 0.3 is 0 Å². The van der Waals surface area contributed by atoms with Crippen LogP contribution in [0.15, 0.2) is 72.5 Å². The number of carbonyl (C=O) groups excluding carboxylic acids is 1. The van der Waals surface area contributed by atoms with E-state index in [9.17, 15) is 9.90 Å². The molecule has 0 aliphatic carbocycles. The predicted molar refractivity (Wildman–Crippen MR) is 177 cm³/mol. The van der Waals surface area contributed by atoms with Crippen molar-refractivity contribution >= 4 is 38.2 Å². The minimum Gasteiger partial charge on any atom is -0.512 e. The Bertz CT molecular complexity index is 1800. The second-order valence-electron chi connectivity index (χ2n) is 12.6. The molecule has 1 heterocycles. The Hall–Kier alpha value is -3.40. The molecule has 5 heteroatoms. The third-order valence-corrected chi connectivity index (χ3v) is 8.48. The molecular formula is C38H43IrN2O2-. The fourth-order valence-corrected chi connectivity index (χ4v) is 4.89. The standard InChI is InChI=1S/C25H19N2.C13H24O2.Ir/c1-15-12-16(2)14-20(13-15)24-22-11-10-19-9-8-18-6-4-5-7-21(18)23(19)25(22)27-17(3)26-24;1-7-12(3,4)10(14)9-11(15)13(5,6)8-2;/h4-13H,1-3H3;9,14H,7-8H2,1-6H3;/q-1;;/b;10-9-;. The van der Waals surface area contributed by atoms with E-state index in [2.05, 4.69) is 80.6 Å². The number of allylic oxidation sites excluding steroid dienone is 2. The first-order valence-electron chi connectivity index (χ1n) is 14.8. The zero-order valence-electron chi connectivity index (χ0n) is 26.8. The van der Waals surface area contributed by atoms with Crippen LogP contribution in [0.3, 0.4) is 0 Å². The van der Waals surface area contributed by atoms with E-state index in [-0.39, 0.29) is 42.5 Å². The Morgan fingerprint density at radius 1 is 0.837 bits per heavy atom. The van der Waals surface area contributed by atoms with Gasteiger partial charge in [0.05, 0.1) is 5.52 Å². The monoisotopic (exact) mass is 752 g/mol. The SMILES string of the molecule is CCC(C)(C)C(=O)/C=C(\O)C(C)(C)CC.Cc1[c-]c(-c2nc(C)nc3c2ccc2ccc4ccccc4c23)cc(C)c1.[Ir]. The maximum absolute atomic E-state index is 11.8. The molecule has 1 radical (unpaired) electrons. The number of ketones is 1. The number of fused-ring (bicyclic) bond motifs is 5. The number of aliphatic hydroxyl groups excluding tert-OH is 1. The van der Waals surface area contributed by atoms with Gasteiger partial charge in [-0.2, -0.15) is 0 Å². The molecule has 0 saturated carbocycles. The van der Waals surface area contributed by atoms with Gasteiger partial charge in [0.15, 0.2) is 5.78 Å². The van der Waals surface area contributed by atoms with Gasteiger partial charge in [-0.25, -0.2) is 4.98 Å². The first-order chi connectivity index (χ1) is 19.8. The van der Waals surface area contributed by atoms with Crippen molar-refractivity contribution in [2.24, 2.45) is 10.8 Å². The zero-order chi connectivity index (χ0) is 30.8. The van der Waals surface area contributed by atoms with Crippen LogP contribution < -0.4 is 0 Å². The molecule has 0 aliphatic rings. The van der Waals surface area contributed by atoms with Crippen LogP contribution in [0, 0.1) is 37.7 Å². The minimum absolute atomic E-state index is 0. The molecule has 1 aromatic heterocycles. The average Bonchev–Trinajstić information content (AvgIpc) is 2.96. The molecule has 0 aliphatic heterocycles. The molecule has 0 bridgehead atoms. The van der Waals surface area contributed by atoms with E-state index < -0.39 is 0 Å². The van der Waals surface area contributed by atoms with E-state index in [1.54, 1.807) is 0 Å². The summed E-state index contributed by atoms with van der Waals surface area (Å²) >= 11 is 0. The van der Waals surface area contributed by atoms with Gasteiger partial charge in [0.25, 0.3) is 0 Å². The Morgan fingerprint density at radius 2 is 1.47 bits per heavy atom. The van der Waals surface area contributed by atoms with Crippen molar-refractivity contribution in [2.45, 2.75) is 75.2 Å². The van der Waals surface area contributed by atoms with Crippen LogP contribution in [0.25, 0.3) is 43.7 Å². The smallest absolute Gasteiger partial charge is 0.164 e. The topological polar surface area (TPSA) is 63.1 Å². The maximum atomic E-state index is 11.8. The van der Waals surface area contributed by atoms with Gasteiger partial charge in [-0.05, 0) is 47.0 Å². The van der Waals surface area contributed by atoms with Gasteiger partial charge in [-0.15, -0.1) is 34.9 Å². The van der Waals surface area contributed by atoms with Crippen molar-refractivity contribution in [3.63, 3.8) is 0 Å². The summed E-state index contributed by atoms with van der Waals surface area (Å²) in [5.74, 6) is 0.978. The molecule has 0 atom stereocenters. The first kappa shape index (κ1) is 34.1. The molecular weight excluding hydrogens is 709 g/mol. The number of carbonyl (C=O) groups is 1. The molecule has 43 heavy (non-hydrogen) atoms. The molecule has 4 nitrogen and oxygen atoms in total. The number of aliphatic hydroxyl groups is 1. The number of hydrogen-bond acceptors (Lipinski definition) is 4. The van der Waals surface area contributed by atoms with Crippen molar-refractivity contribution in [3.05, 3.63) is 95.5 Å². The number of nitrogens with zero attached hydrogens (tertiary/aromatic N) is 2. The van der Waals surface area contributed by atoms with E-state index in [4.69, 9.17) is 9.97 Å². The van der Waals surface area contributed by atoms with E-state index in [1.807, 2.05) is 48.5 Å². The molecule has 227 valence electrons. The summed E-state index contributed by atoms with van der Waals surface area (Å²) in [6.45, 7) is 17.8. The first-order valence-corrected chi connectivity index (χ1v) is 14.8. The van der Waals surface area contributed by atoms with Gasteiger partial charge in [0.2, 0.25) is 0 Å². The van der Waals surface area contributed by atoms with E-state index in [0.717, 1.165) is 46.4 Å². The summed E-state index contributed by atoms with van der Waals surface area (Å²) in [7, 11) is 0. The van der Waals surface area contributed by atoms with Gasteiger partial charge in [-0.3, -0.25) is 9.78 Å². The summed E-state index contributed by atoms with van der Waals surface area (Å²) < 4.78 is 0. The van der Waals surface area contributed by atoms with Crippen LogP contribution in [-0.2, 0) is 24.9 Å². The van der Waals surface area contributed by atoms with Gasteiger partial charge in [-0.1, -0.05) is 104 Å². The average molecular weight is 752 g/mol. The van der Waals surface area contributed by atoms with Crippen LogP contribution in [0.4, 0.5) is 0 Å². The summed E-state index contributed by atoms with van der Waals surface area (Å²) in [6.07, 6.45) is 2.99. The molecule has 0 unspecified atom stereocenters. The number of aryl methyl sites for hydroxylation is 3. The van der Waals surface area contributed by atoms with Crippen LogP contribution in [-0.4, -0.2) is 20.9 Å². The molecule has 5 rings (SSSR count). The summed E-state index contributed by atoms with van der Waals surface area (Å²) in [4.78, 5) is 21.5. The molecule has 4 aromatic carbocycles. The second kappa shape index (κ2) is 13.5. The number of rotatable bonds is 6. The van der Waals surface area contributed by atoms with Crippen molar-refractivity contribution in [1.82, 2.24) is 9.97 Å².